The van der Waals surface area contributed by atoms with Crippen molar-refractivity contribution in [2.45, 2.75) is 43.7 Å². The van der Waals surface area contributed by atoms with Gasteiger partial charge in [-0.25, -0.2) is 14.6 Å². The first-order chi connectivity index (χ1) is 16.1. The Hall–Kier alpha value is -3.69. The van der Waals surface area contributed by atoms with Crippen molar-refractivity contribution in [3.8, 4) is 0 Å². The van der Waals surface area contributed by atoms with E-state index >= 15 is 0 Å². The molecule has 10 nitrogen and oxygen atoms in total. The van der Waals surface area contributed by atoms with Gasteiger partial charge >= 0.3 is 11.7 Å². The molecule has 2 atom stereocenters. The van der Waals surface area contributed by atoms with Gasteiger partial charge in [-0.3, -0.25) is 19.3 Å². The van der Waals surface area contributed by atoms with Crippen LogP contribution in [0.25, 0.3) is 11.2 Å². The summed E-state index contributed by atoms with van der Waals surface area (Å²) in [5.41, 5.74) is 2.13. The van der Waals surface area contributed by atoms with E-state index in [9.17, 15) is 14.4 Å². The molecular weight excluding hydrogens is 422 g/mol. The van der Waals surface area contributed by atoms with E-state index in [-0.39, 0.29) is 29.6 Å². The Morgan fingerprint density at radius 2 is 1.82 bits per heavy atom. The number of nitrogens with zero attached hydrogens (tertiary/aromatic N) is 4. The molecule has 3 N–H and O–H groups in total. The second-order valence-corrected chi connectivity index (χ2v) is 8.67. The second-order valence-electron chi connectivity index (χ2n) is 8.67. The third-order valence-corrected chi connectivity index (χ3v) is 6.65. The molecule has 2 fully saturated rings. The molecule has 0 radical (unpaired) electrons. The first-order valence-electron chi connectivity index (χ1n) is 11.4. The molecule has 33 heavy (non-hydrogen) atoms. The summed E-state index contributed by atoms with van der Waals surface area (Å²) < 4.78 is 1.74. The molecule has 172 valence electrons. The first-order valence-corrected chi connectivity index (χ1v) is 11.4. The number of imidazole rings is 1. The van der Waals surface area contributed by atoms with Crippen molar-refractivity contribution in [2.24, 2.45) is 0 Å². The van der Waals surface area contributed by atoms with Crippen LogP contribution in [-0.2, 0) is 4.79 Å². The number of carbonyl (C=O) groups is 2. The zero-order chi connectivity index (χ0) is 22.8. The fraction of sp³-hybridized carbons (Fsp3) is 0.435. The van der Waals surface area contributed by atoms with Gasteiger partial charge in [0.05, 0.1) is 5.52 Å². The van der Waals surface area contributed by atoms with Crippen LogP contribution in [0, 0.1) is 0 Å². The molecule has 0 aliphatic carbocycles. The highest BCUT2D eigenvalue weighted by molar-refractivity contribution is 5.87. The highest BCUT2D eigenvalue weighted by Gasteiger charge is 2.31. The number of nitrogens with one attached hydrogen (secondary N) is 3. The van der Waals surface area contributed by atoms with Crippen LogP contribution in [0.15, 0.2) is 47.5 Å². The summed E-state index contributed by atoms with van der Waals surface area (Å²) in [4.78, 5) is 51.0. The van der Waals surface area contributed by atoms with Gasteiger partial charge in [0, 0.05) is 49.7 Å². The SMILES string of the molecule is O=C1NCC(c2ccccn2)CC[C@H]1NC(=O)N1CCC(n2c(=O)[nH]c3ncccc32)CC1. The number of hydrogen-bond acceptors (Lipinski definition) is 5. The Labute approximate surface area is 190 Å². The maximum Gasteiger partial charge on any atom is 0.327 e. The van der Waals surface area contributed by atoms with Gasteiger partial charge in [0.15, 0.2) is 5.65 Å². The predicted molar refractivity (Wildman–Crippen MR) is 122 cm³/mol. The van der Waals surface area contributed by atoms with Crippen LogP contribution in [0.3, 0.4) is 0 Å². The molecule has 0 bridgehead atoms. The van der Waals surface area contributed by atoms with E-state index in [0.717, 1.165) is 17.6 Å². The summed E-state index contributed by atoms with van der Waals surface area (Å²) in [5.74, 6) is -0.0220. The van der Waals surface area contributed by atoms with Crippen LogP contribution in [0.5, 0.6) is 0 Å². The number of piperidine rings is 1. The van der Waals surface area contributed by atoms with Gasteiger partial charge in [0.25, 0.3) is 0 Å². The predicted octanol–water partition coefficient (Wildman–Crippen LogP) is 1.53. The summed E-state index contributed by atoms with van der Waals surface area (Å²) in [6.07, 6.45) is 6.05. The van der Waals surface area contributed by atoms with Gasteiger partial charge in [0.1, 0.15) is 6.04 Å². The van der Waals surface area contributed by atoms with E-state index in [0.29, 0.717) is 44.5 Å². The van der Waals surface area contributed by atoms with Crippen molar-refractivity contribution in [1.29, 1.82) is 0 Å². The molecule has 0 spiro atoms. The van der Waals surface area contributed by atoms with Gasteiger partial charge in [0.2, 0.25) is 5.91 Å². The fourth-order valence-corrected chi connectivity index (χ4v) is 4.84. The van der Waals surface area contributed by atoms with Gasteiger partial charge in [-0.1, -0.05) is 6.07 Å². The third kappa shape index (κ3) is 4.33. The summed E-state index contributed by atoms with van der Waals surface area (Å²) >= 11 is 0. The van der Waals surface area contributed by atoms with Crippen LogP contribution in [-0.4, -0.2) is 62.0 Å². The number of likely N-dealkylation sites (tertiary alicyclic amines) is 1. The number of fused-ring (bicyclic) bond motifs is 1. The average molecular weight is 450 g/mol. The van der Waals surface area contributed by atoms with Gasteiger partial charge < -0.3 is 15.5 Å². The summed E-state index contributed by atoms with van der Waals surface area (Å²) in [6, 6.07) is 8.67. The number of aromatic amines is 1. The lowest BCUT2D eigenvalue weighted by atomic mass is 9.98. The van der Waals surface area contributed by atoms with Crippen LogP contribution >= 0.6 is 0 Å². The van der Waals surface area contributed by atoms with Crippen molar-refractivity contribution < 1.29 is 9.59 Å². The van der Waals surface area contributed by atoms with E-state index in [1.807, 2.05) is 30.3 Å². The maximum absolute atomic E-state index is 12.9. The van der Waals surface area contributed by atoms with Crippen LogP contribution < -0.4 is 16.3 Å². The number of H-pyrrole nitrogens is 1. The molecule has 3 aromatic heterocycles. The van der Waals surface area contributed by atoms with Crippen LogP contribution in [0.2, 0.25) is 0 Å². The molecule has 3 aromatic rings. The molecule has 0 saturated carbocycles. The number of pyridine rings is 2. The number of carbonyl (C=O) groups excluding carboxylic acids is 2. The van der Waals surface area contributed by atoms with E-state index in [2.05, 4.69) is 25.6 Å². The number of hydrogen-bond donors (Lipinski definition) is 3. The maximum atomic E-state index is 12.9. The lowest BCUT2D eigenvalue weighted by Gasteiger charge is -2.33. The average Bonchev–Trinajstić information content (AvgIpc) is 3.08. The Bertz CT molecular complexity index is 1200. The second kappa shape index (κ2) is 9.05. The van der Waals surface area contributed by atoms with Crippen molar-refractivity contribution >= 4 is 23.1 Å². The molecule has 1 unspecified atom stereocenters. The van der Waals surface area contributed by atoms with Crippen molar-refractivity contribution in [3.63, 3.8) is 0 Å². The van der Waals surface area contributed by atoms with Gasteiger partial charge in [-0.05, 0) is 49.9 Å². The molecular formula is C23H27N7O3. The Kier molecular flexibility index (Phi) is 5.80. The van der Waals surface area contributed by atoms with E-state index < -0.39 is 6.04 Å². The van der Waals surface area contributed by atoms with Gasteiger partial charge in [-0.15, -0.1) is 0 Å². The van der Waals surface area contributed by atoms with Crippen LogP contribution in [0.4, 0.5) is 4.79 Å². The summed E-state index contributed by atoms with van der Waals surface area (Å²) in [6.45, 7) is 1.55. The van der Waals surface area contributed by atoms with Gasteiger partial charge in [-0.2, -0.15) is 0 Å². The standard InChI is InChI=1S/C23H27N7O3/c31-21-18(7-6-15(14-26-21)17-4-1-2-10-24-17)27-22(32)29-12-8-16(9-13-29)30-19-5-3-11-25-20(19)28-23(30)33/h1-5,10-11,15-16,18H,6-9,12-14H2,(H,26,31)(H,27,32)(H,25,28,33)/t15?,18-/m1/s1. The topological polar surface area (TPSA) is 125 Å². The van der Waals surface area contributed by atoms with Crippen molar-refractivity contribution in [2.75, 3.05) is 19.6 Å². The Balaban J connectivity index is 1.19. The molecule has 2 aliphatic heterocycles. The Morgan fingerprint density at radius 1 is 1.00 bits per heavy atom. The minimum atomic E-state index is -0.564. The van der Waals surface area contributed by atoms with Crippen LogP contribution in [0.1, 0.15) is 43.3 Å². The van der Waals surface area contributed by atoms with Crippen molar-refractivity contribution in [3.05, 3.63) is 58.9 Å². The number of aromatic nitrogens is 4. The summed E-state index contributed by atoms with van der Waals surface area (Å²) in [7, 11) is 0. The minimum Gasteiger partial charge on any atom is -0.354 e. The highest BCUT2D eigenvalue weighted by atomic mass is 16.2. The zero-order valence-electron chi connectivity index (χ0n) is 18.2. The molecule has 10 heteroatoms. The monoisotopic (exact) mass is 449 g/mol. The molecule has 5 rings (SSSR count). The lowest BCUT2D eigenvalue weighted by molar-refractivity contribution is -0.122. The van der Waals surface area contributed by atoms with E-state index in [4.69, 9.17) is 0 Å². The number of rotatable bonds is 3. The quantitative estimate of drug-likeness (QED) is 0.559. The molecule has 0 aromatic carbocycles. The number of amides is 3. The largest absolute Gasteiger partial charge is 0.354 e. The smallest absolute Gasteiger partial charge is 0.327 e. The zero-order valence-corrected chi connectivity index (χ0v) is 18.2. The van der Waals surface area contributed by atoms with E-state index in [1.165, 1.54) is 0 Å². The summed E-state index contributed by atoms with van der Waals surface area (Å²) in [5, 5.41) is 5.85. The van der Waals surface area contributed by atoms with Crippen molar-refractivity contribution in [1.82, 2.24) is 35.1 Å². The molecule has 5 heterocycles. The molecule has 2 aliphatic rings. The Morgan fingerprint density at radius 3 is 2.61 bits per heavy atom. The molecule has 2 saturated heterocycles. The normalized spacial score (nSPS) is 22.1. The third-order valence-electron chi connectivity index (χ3n) is 6.65. The van der Waals surface area contributed by atoms with E-state index in [1.54, 1.807) is 21.9 Å². The molecule has 3 amide bonds. The lowest BCUT2D eigenvalue weighted by Crippen LogP contribution is -2.52. The minimum absolute atomic E-state index is 0.000176. The fourth-order valence-electron chi connectivity index (χ4n) is 4.84. The highest BCUT2D eigenvalue weighted by Crippen LogP contribution is 2.25. The number of urea groups is 1. The first kappa shape index (κ1) is 21.2.